The molecule has 1 unspecified atom stereocenters. The van der Waals surface area contributed by atoms with E-state index in [1.165, 1.54) is 0 Å². The number of amides is 2. The molecular weight excluding hydrogens is 308 g/mol. The average Bonchev–Trinajstić information content (AvgIpc) is 3.02. The fraction of sp³-hybridized carbons (Fsp3) is 0.471. The Kier molecular flexibility index (Phi) is 4.80. The van der Waals surface area contributed by atoms with Gasteiger partial charge in [-0.15, -0.1) is 0 Å². The number of aromatic nitrogens is 2. The average molecular weight is 330 g/mol. The Bertz CT molecular complexity index is 705. The highest BCUT2D eigenvalue weighted by atomic mass is 16.5. The SMILES string of the molecule is Cc1nc(-c2cccc(NC(=O)N3CCC(C(C)O)CC3)c2)no1. The summed E-state index contributed by atoms with van der Waals surface area (Å²) < 4.78 is 4.99. The van der Waals surface area contributed by atoms with E-state index < -0.39 is 0 Å². The van der Waals surface area contributed by atoms with Crippen LogP contribution in [0.5, 0.6) is 0 Å². The van der Waals surface area contributed by atoms with Gasteiger partial charge in [-0.2, -0.15) is 4.98 Å². The van der Waals surface area contributed by atoms with Crippen LogP contribution < -0.4 is 5.32 Å². The number of rotatable bonds is 3. The second-order valence-electron chi connectivity index (χ2n) is 6.21. The number of nitrogens with zero attached hydrogens (tertiary/aromatic N) is 3. The molecule has 1 aromatic carbocycles. The summed E-state index contributed by atoms with van der Waals surface area (Å²) in [5.41, 5.74) is 1.48. The number of likely N-dealkylation sites (tertiary alicyclic amines) is 1. The van der Waals surface area contributed by atoms with Crippen molar-refractivity contribution in [3.05, 3.63) is 30.2 Å². The van der Waals surface area contributed by atoms with E-state index >= 15 is 0 Å². The Hall–Kier alpha value is -2.41. The molecule has 0 bridgehead atoms. The van der Waals surface area contributed by atoms with Gasteiger partial charge in [-0.3, -0.25) is 0 Å². The van der Waals surface area contributed by atoms with Crippen LogP contribution in [0, 0.1) is 12.8 Å². The van der Waals surface area contributed by atoms with E-state index in [9.17, 15) is 9.90 Å². The first kappa shape index (κ1) is 16.4. The smallest absolute Gasteiger partial charge is 0.321 e. The van der Waals surface area contributed by atoms with Crippen molar-refractivity contribution in [3.8, 4) is 11.4 Å². The number of piperidine rings is 1. The first-order chi connectivity index (χ1) is 11.5. The van der Waals surface area contributed by atoms with E-state index in [2.05, 4.69) is 15.5 Å². The van der Waals surface area contributed by atoms with Gasteiger partial charge in [0.15, 0.2) is 0 Å². The molecule has 1 atom stereocenters. The number of aliphatic hydroxyl groups is 1. The van der Waals surface area contributed by atoms with Crippen molar-refractivity contribution in [2.45, 2.75) is 32.8 Å². The zero-order chi connectivity index (χ0) is 17.1. The number of carbonyl (C=O) groups is 1. The van der Waals surface area contributed by atoms with Crippen molar-refractivity contribution in [1.82, 2.24) is 15.0 Å². The normalized spacial score (nSPS) is 16.9. The Morgan fingerprint density at radius 1 is 1.42 bits per heavy atom. The summed E-state index contributed by atoms with van der Waals surface area (Å²) in [6, 6.07) is 7.24. The summed E-state index contributed by atoms with van der Waals surface area (Å²) in [7, 11) is 0. The van der Waals surface area contributed by atoms with Crippen LogP contribution in [-0.2, 0) is 0 Å². The fourth-order valence-corrected chi connectivity index (χ4v) is 2.94. The fourth-order valence-electron chi connectivity index (χ4n) is 2.94. The molecule has 2 N–H and O–H groups in total. The number of anilines is 1. The van der Waals surface area contributed by atoms with Gasteiger partial charge < -0.3 is 19.8 Å². The summed E-state index contributed by atoms with van der Waals surface area (Å²) in [5, 5.41) is 16.4. The van der Waals surface area contributed by atoms with Gasteiger partial charge in [-0.05, 0) is 37.8 Å². The molecule has 7 heteroatoms. The standard InChI is InChI=1S/C17H22N4O3/c1-11(22)13-6-8-21(9-7-13)17(23)19-15-5-3-4-14(10-15)16-18-12(2)24-20-16/h3-5,10-11,13,22H,6-9H2,1-2H3,(H,19,23). The summed E-state index contributed by atoms with van der Waals surface area (Å²) in [4.78, 5) is 18.4. The second kappa shape index (κ2) is 7.00. The van der Waals surface area contributed by atoms with Crippen molar-refractivity contribution >= 4 is 11.7 Å². The predicted molar refractivity (Wildman–Crippen MR) is 89.5 cm³/mol. The minimum absolute atomic E-state index is 0.125. The molecule has 0 aliphatic carbocycles. The largest absolute Gasteiger partial charge is 0.393 e. The molecule has 1 fully saturated rings. The Morgan fingerprint density at radius 2 is 2.17 bits per heavy atom. The van der Waals surface area contributed by atoms with Crippen LogP contribution >= 0.6 is 0 Å². The van der Waals surface area contributed by atoms with E-state index in [1.807, 2.05) is 31.2 Å². The summed E-state index contributed by atoms with van der Waals surface area (Å²) >= 11 is 0. The monoisotopic (exact) mass is 330 g/mol. The van der Waals surface area contributed by atoms with Crippen molar-refractivity contribution in [3.63, 3.8) is 0 Å². The number of carbonyl (C=O) groups excluding carboxylic acids is 1. The molecule has 1 aromatic heterocycles. The number of nitrogens with one attached hydrogen (secondary N) is 1. The summed E-state index contributed by atoms with van der Waals surface area (Å²) in [5.74, 6) is 1.28. The summed E-state index contributed by atoms with van der Waals surface area (Å²) in [6.45, 7) is 4.86. The molecule has 0 saturated carbocycles. The molecule has 1 aliphatic heterocycles. The molecule has 2 heterocycles. The third kappa shape index (κ3) is 3.73. The van der Waals surface area contributed by atoms with E-state index in [0.29, 0.717) is 30.5 Å². The molecular formula is C17H22N4O3. The highest BCUT2D eigenvalue weighted by Gasteiger charge is 2.25. The number of benzene rings is 1. The van der Waals surface area contributed by atoms with E-state index in [0.717, 1.165) is 18.4 Å². The van der Waals surface area contributed by atoms with Crippen LogP contribution in [0.2, 0.25) is 0 Å². The lowest BCUT2D eigenvalue weighted by atomic mass is 9.92. The number of hydrogen-bond donors (Lipinski definition) is 2. The van der Waals surface area contributed by atoms with Gasteiger partial charge in [-0.1, -0.05) is 17.3 Å². The van der Waals surface area contributed by atoms with E-state index in [4.69, 9.17) is 4.52 Å². The summed E-state index contributed by atoms with van der Waals surface area (Å²) in [6.07, 6.45) is 1.34. The van der Waals surface area contributed by atoms with Crippen LogP contribution in [-0.4, -0.2) is 45.4 Å². The van der Waals surface area contributed by atoms with Gasteiger partial charge in [0.05, 0.1) is 6.10 Å². The lowest BCUT2D eigenvalue weighted by Gasteiger charge is -2.33. The zero-order valence-corrected chi connectivity index (χ0v) is 13.9. The van der Waals surface area contributed by atoms with Gasteiger partial charge in [0, 0.05) is 31.3 Å². The van der Waals surface area contributed by atoms with E-state index in [1.54, 1.807) is 11.8 Å². The maximum Gasteiger partial charge on any atom is 0.321 e. The number of aliphatic hydroxyl groups excluding tert-OH is 1. The first-order valence-electron chi connectivity index (χ1n) is 8.17. The molecule has 128 valence electrons. The lowest BCUT2D eigenvalue weighted by molar-refractivity contribution is 0.0820. The van der Waals surface area contributed by atoms with Gasteiger partial charge in [0.1, 0.15) is 0 Å². The Labute approximate surface area is 140 Å². The Balaban J connectivity index is 1.63. The lowest BCUT2D eigenvalue weighted by Crippen LogP contribution is -2.42. The third-order valence-corrected chi connectivity index (χ3v) is 4.41. The highest BCUT2D eigenvalue weighted by Crippen LogP contribution is 2.23. The maximum atomic E-state index is 12.4. The van der Waals surface area contributed by atoms with Gasteiger partial charge in [0.2, 0.25) is 11.7 Å². The van der Waals surface area contributed by atoms with Crippen LogP contribution in [0.15, 0.2) is 28.8 Å². The topological polar surface area (TPSA) is 91.5 Å². The molecule has 0 radical (unpaired) electrons. The maximum absolute atomic E-state index is 12.4. The second-order valence-corrected chi connectivity index (χ2v) is 6.21. The molecule has 2 amide bonds. The molecule has 2 aromatic rings. The van der Waals surface area contributed by atoms with Gasteiger partial charge in [0.25, 0.3) is 0 Å². The van der Waals surface area contributed by atoms with Gasteiger partial charge in [-0.25, -0.2) is 4.79 Å². The zero-order valence-electron chi connectivity index (χ0n) is 13.9. The number of hydrogen-bond acceptors (Lipinski definition) is 5. The molecule has 3 rings (SSSR count). The molecule has 0 spiro atoms. The molecule has 1 aliphatic rings. The minimum Gasteiger partial charge on any atom is -0.393 e. The van der Waals surface area contributed by atoms with Crippen LogP contribution in [0.3, 0.4) is 0 Å². The third-order valence-electron chi connectivity index (χ3n) is 4.41. The van der Waals surface area contributed by atoms with Gasteiger partial charge >= 0.3 is 6.03 Å². The number of urea groups is 1. The Morgan fingerprint density at radius 3 is 2.79 bits per heavy atom. The van der Waals surface area contributed by atoms with Crippen LogP contribution in [0.25, 0.3) is 11.4 Å². The molecule has 7 nitrogen and oxygen atoms in total. The van der Waals surface area contributed by atoms with Crippen LogP contribution in [0.1, 0.15) is 25.7 Å². The minimum atomic E-state index is -0.315. The molecule has 24 heavy (non-hydrogen) atoms. The van der Waals surface area contributed by atoms with Crippen molar-refractivity contribution in [1.29, 1.82) is 0 Å². The van der Waals surface area contributed by atoms with Crippen molar-refractivity contribution < 1.29 is 14.4 Å². The quantitative estimate of drug-likeness (QED) is 0.903. The van der Waals surface area contributed by atoms with Crippen molar-refractivity contribution in [2.75, 3.05) is 18.4 Å². The van der Waals surface area contributed by atoms with Crippen LogP contribution in [0.4, 0.5) is 10.5 Å². The highest BCUT2D eigenvalue weighted by molar-refractivity contribution is 5.90. The molecule has 1 saturated heterocycles. The van der Waals surface area contributed by atoms with Crippen molar-refractivity contribution in [2.24, 2.45) is 5.92 Å². The number of aryl methyl sites for hydroxylation is 1. The predicted octanol–water partition coefficient (Wildman–Crippen LogP) is 2.67. The first-order valence-corrected chi connectivity index (χ1v) is 8.17. The van der Waals surface area contributed by atoms with E-state index in [-0.39, 0.29) is 18.1 Å².